The van der Waals surface area contributed by atoms with Gasteiger partial charge < -0.3 is 25.1 Å². The number of fused-ring (bicyclic) bond motifs is 1. The first-order valence-electron chi connectivity index (χ1n) is 10.4. The van der Waals surface area contributed by atoms with E-state index in [1.165, 1.54) is 17.2 Å². The molecular formula is C23H26N4O5. The fourth-order valence-corrected chi connectivity index (χ4v) is 4.09. The second kappa shape index (κ2) is 7.51. The summed E-state index contributed by atoms with van der Waals surface area (Å²) in [6, 6.07) is 3.13. The van der Waals surface area contributed by atoms with Gasteiger partial charge in [0.25, 0.3) is 16.8 Å². The van der Waals surface area contributed by atoms with Gasteiger partial charge in [-0.05, 0) is 42.9 Å². The van der Waals surface area contributed by atoms with Crippen LogP contribution in [-0.4, -0.2) is 35.0 Å². The van der Waals surface area contributed by atoms with Crippen LogP contribution in [0.15, 0.2) is 32.3 Å². The topological polar surface area (TPSA) is 125 Å². The third kappa shape index (κ3) is 3.43. The fraction of sp³-hybridized carbons (Fsp3) is 0.391. The van der Waals surface area contributed by atoms with Crippen molar-refractivity contribution in [3.05, 3.63) is 61.6 Å². The van der Waals surface area contributed by atoms with Crippen LogP contribution in [0.5, 0.6) is 5.75 Å². The van der Waals surface area contributed by atoms with Gasteiger partial charge in [-0.1, -0.05) is 13.8 Å². The number of amides is 1. The Morgan fingerprint density at radius 2 is 1.94 bits per heavy atom. The lowest BCUT2D eigenvalue weighted by Gasteiger charge is -2.38. The van der Waals surface area contributed by atoms with Crippen molar-refractivity contribution in [3.63, 3.8) is 0 Å². The highest BCUT2D eigenvalue weighted by molar-refractivity contribution is 5.97. The van der Waals surface area contributed by atoms with Gasteiger partial charge in [0.05, 0.1) is 11.7 Å². The highest BCUT2D eigenvalue weighted by atomic mass is 16.3. The van der Waals surface area contributed by atoms with Gasteiger partial charge >= 0.3 is 0 Å². The summed E-state index contributed by atoms with van der Waals surface area (Å²) < 4.78 is 5.93. The molecule has 1 unspecified atom stereocenters. The van der Waals surface area contributed by atoms with Crippen LogP contribution in [-0.2, 0) is 6.42 Å². The van der Waals surface area contributed by atoms with Crippen LogP contribution in [0.2, 0.25) is 0 Å². The average molecular weight is 438 g/mol. The molecule has 4 rings (SSSR count). The number of nitrogens with one attached hydrogen (secondary N) is 2. The molecule has 0 saturated heterocycles. The molecule has 2 aromatic heterocycles. The normalized spacial score (nSPS) is 17.1. The molecule has 1 atom stereocenters. The number of hydrogen-bond donors (Lipinski definition) is 3. The van der Waals surface area contributed by atoms with Crippen molar-refractivity contribution >= 4 is 23.0 Å². The third-order valence-electron chi connectivity index (χ3n) is 6.04. The van der Waals surface area contributed by atoms with Crippen LogP contribution in [0.1, 0.15) is 53.9 Å². The third-order valence-corrected chi connectivity index (χ3v) is 6.04. The molecule has 3 N–H and O–H groups in total. The number of aromatic nitrogens is 1. The predicted octanol–water partition coefficient (Wildman–Crippen LogP) is 2.86. The summed E-state index contributed by atoms with van der Waals surface area (Å²) in [5, 5.41) is 16.6. The number of nitrogens with zero attached hydrogens (tertiary/aromatic N) is 2. The standard InChI is InChI=1S/C23H26N4O5/c1-11-10-12-6-8-23(2,3)21(20(12)32-11)26-15-14(18(29)19(15)30)25-13-7-9-24-16(17(13)28)22(31)27(4)5/h7,9-10,21,26,28H,6,8H2,1-5H3,(H,24,25). The van der Waals surface area contributed by atoms with Gasteiger partial charge in [0.2, 0.25) is 0 Å². The van der Waals surface area contributed by atoms with Crippen molar-refractivity contribution in [1.29, 1.82) is 0 Å². The molecule has 1 aliphatic carbocycles. The largest absolute Gasteiger partial charge is 0.504 e. The van der Waals surface area contributed by atoms with Crippen LogP contribution in [0, 0.1) is 12.3 Å². The Morgan fingerprint density at radius 3 is 2.62 bits per heavy atom. The second-order valence-electron chi connectivity index (χ2n) is 9.10. The van der Waals surface area contributed by atoms with E-state index < -0.39 is 22.5 Å². The number of hydrogen-bond acceptors (Lipinski definition) is 8. The van der Waals surface area contributed by atoms with Crippen LogP contribution in [0.25, 0.3) is 0 Å². The summed E-state index contributed by atoms with van der Waals surface area (Å²) in [6.07, 6.45) is 3.11. The van der Waals surface area contributed by atoms with E-state index in [-0.39, 0.29) is 34.2 Å². The van der Waals surface area contributed by atoms with Crippen LogP contribution >= 0.6 is 0 Å². The maximum Gasteiger partial charge on any atom is 0.275 e. The Morgan fingerprint density at radius 1 is 1.25 bits per heavy atom. The minimum absolute atomic E-state index is 0.0333. The lowest BCUT2D eigenvalue weighted by atomic mass is 9.73. The summed E-state index contributed by atoms with van der Waals surface area (Å²) in [5.41, 5.74) is -0.359. The molecule has 0 saturated carbocycles. The van der Waals surface area contributed by atoms with Gasteiger partial charge in [-0.25, -0.2) is 4.98 Å². The number of carbonyl (C=O) groups excluding carboxylic acids is 1. The van der Waals surface area contributed by atoms with Crippen molar-refractivity contribution in [2.45, 2.75) is 39.7 Å². The highest BCUT2D eigenvalue weighted by Crippen LogP contribution is 2.46. The zero-order valence-electron chi connectivity index (χ0n) is 18.7. The predicted molar refractivity (Wildman–Crippen MR) is 120 cm³/mol. The first kappa shape index (κ1) is 21.6. The molecule has 9 heteroatoms. The van der Waals surface area contributed by atoms with Crippen molar-refractivity contribution in [3.8, 4) is 5.75 Å². The van der Waals surface area contributed by atoms with Gasteiger partial charge in [-0.2, -0.15) is 0 Å². The minimum atomic E-state index is -0.700. The smallest absolute Gasteiger partial charge is 0.275 e. The molecule has 9 nitrogen and oxygen atoms in total. The highest BCUT2D eigenvalue weighted by Gasteiger charge is 2.40. The number of aryl methyl sites for hydroxylation is 2. The Hall–Kier alpha value is -3.62. The lowest BCUT2D eigenvalue weighted by Crippen LogP contribution is -2.41. The molecule has 0 spiro atoms. The quantitative estimate of drug-likeness (QED) is 0.520. The van der Waals surface area contributed by atoms with Gasteiger partial charge in [0.15, 0.2) is 11.4 Å². The molecule has 1 amide bonds. The minimum Gasteiger partial charge on any atom is -0.504 e. The molecule has 0 radical (unpaired) electrons. The van der Waals surface area contributed by atoms with Gasteiger partial charge in [-0.3, -0.25) is 14.4 Å². The van der Waals surface area contributed by atoms with Crippen molar-refractivity contribution in [1.82, 2.24) is 9.88 Å². The molecule has 0 fully saturated rings. The second-order valence-corrected chi connectivity index (χ2v) is 9.10. The van der Waals surface area contributed by atoms with Gasteiger partial charge in [0.1, 0.15) is 22.9 Å². The maximum absolute atomic E-state index is 12.4. The lowest BCUT2D eigenvalue weighted by molar-refractivity contribution is 0.0819. The molecule has 2 heterocycles. The van der Waals surface area contributed by atoms with E-state index in [0.29, 0.717) is 0 Å². The summed E-state index contributed by atoms with van der Waals surface area (Å²) in [7, 11) is 3.08. The zero-order chi connectivity index (χ0) is 23.4. The summed E-state index contributed by atoms with van der Waals surface area (Å²) in [6.45, 7) is 6.04. The van der Waals surface area contributed by atoms with E-state index in [4.69, 9.17) is 4.42 Å². The van der Waals surface area contributed by atoms with Crippen LogP contribution < -0.4 is 21.5 Å². The van der Waals surface area contributed by atoms with E-state index in [1.54, 1.807) is 14.1 Å². The van der Waals surface area contributed by atoms with E-state index in [0.717, 1.165) is 29.9 Å². The van der Waals surface area contributed by atoms with E-state index in [1.807, 2.05) is 13.0 Å². The van der Waals surface area contributed by atoms with E-state index in [9.17, 15) is 19.5 Å². The zero-order valence-corrected chi connectivity index (χ0v) is 18.7. The maximum atomic E-state index is 12.4. The fourth-order valence-electron chi connectivity index (χ4n) is 4.09. The molecule has 0 aliphatic heterocycles. The molecule has 0 bridgehead atoms. The van der Waals surface area contributed by atoms with Crippen molar-refractivity contribution < 1.29 is 14.3 Å². The Bertz CT molecular complexity index is 1280. The molecule has 3 aromatic rings. The number of pyridine rings is 1. The first-order chi connectivity index (χ1) is 15.0. The summed E-state index contributed by atoms with van der Waals surface area (Å²) in [5.74, 6) is 0.678. The van der Waals surface area contributed by atoms with Gasteiger partial charge in [-0.15, -0.1) is 0 Å². The number of carbonyl (C=O) groups is 1. The van der Waals surface area contributed by atoms with Crippen LogP contribution in [0.4, 0.5) is 17.1 Å². The Balaban J connectivity index is 1.68. The summed E-state index contributed by atoms with van der Waals surface area (Å²) >= 11 is 0. The number of rotatable bonds is 5. The molecule has 32 heavy (non-hydrogen) atoms. The van der Waals surface area contributed by atoms with Gasteiger partial charge in [0, 0.05) is 20.3 Å². The Labute approximate surface area is 184 Å². The molecule has 168 valence electrons. The van der Waals surface area contributed by atoms with E-state index >= 15 is 0 Å². The number of aromatic hydroxyl groups is 1. The summed E-state index contributed by atoms with van der Waals surface area (Å²) in [4.78, 5) is 42.2. The van der Waals surface area contributed by atoms with Crippen LogP contribution in [0.3, 0.4) is 0 Å². The van der Waals surface area contributed by atoms with Crippen molar-refractivity contribution in [2.24, 2.45) is 5.41 Å². The monoisotopic (exact) mass is 438 g/mol. The SMILES string of the molecule is Cc1cc2c(o1)C(Nc1c(Nc3ccnc(C(=O)N(C)C)c3O)c(=O)c1=O)C(C)(C)CC2. The van der Waals surface area contributed by atoms with Crippen molar-refractivity contribution in [2.75, 3.05) is 24.7 Å². The van der Waals surface area contributed by atoms with E-state index in [2.05, 4.69) is 29.5 Å². The number of furan rings is 1. The first-order valence-corrected chi connectivity index (χ1v) is 10.4. The molecular weight excluding hydrogens is 412 g/mol. The average Bonchev–Trinajstić information content (AvgIpc) is 3.12. The molecule has 1 aromatic carbocycles. The Kier molecular flexibility index (Phi) is 5.07. The molecule has 1 aliphatic rings. The number of anilines is 3.